The van der Waals surface area contributed by atoms with Crippen molar-refractivity contribution in [2.75, 3.05) is 13.1 Å². The van der Waals surface area contributed by atoms with Gasteiger partial charge >= 0.3 is 6.03 Å². The molecule has 2 aliphatic rings. The Morgan fingerprint density at radius 1 is 1.00 bits per heavy atom. The number of nitrogens with zero attached hydrogens (tertiary/aromatic N) is 1. The molecule has 3 rings (SSSR count). The highest BCUT2D eigenvalue weighted by atomic mass is 16.2. The second-order valence-electron chi connectivity index (χ2n) is 8.41. The minimum absolute atomic E-state index is 0.0125. The van der Waals surface area contributed by atoms with Gasteiger partial charge < -0.3 is 20.5 Å². The number of rotatable bonds is 5. The largest absolute Gasteiger partial charge is 0.354 e. The fourth-order valence-electron chi connectivity index (χ4n) is 4.73. The van der Waals surface area contributed by atoms with E-state index in [0.717, 1.165) is 36.9 Å². The molecule has 0 atom stereocenters. The van der Waals surface area contributed by atoms with Gasteiger partial charge in [-0.15, -0.1) is 0 Å². The minimum atomic E-state index is -0.0824. The van der Waals surface area contributed by atoms with E-state index < -0.39 is 0 Å². The van der Waals surface area contributed by atoms with Crippen molar-refractivity contribution in [1.29, 1.82) is 0 Å². The van der Waals surface area contributed by atoms with Gasteiger partial charge in [0.2, 0.25) is 0 Å². The first-order valence-electron chi connectivity index (χ1n) is 11.0. The van der Waals surface area contributed by atoms with Crippen LogP contribution in [0.5, 0.6) is 0 Å². The van der Waals surface area contributed by atoms with Crippen molar-refractivity contribution in [3.05, 3.63) is 22.5 Å². The van der Waals surface area contributed by atoms with Gasteiger partial charge in [0.25, 0.3) is 5.91 Å². The maximum absolute atomic E-state index is 13.0. The highest BCUT2D eigenvalue weighted by Crippen LogP contribution is 2.23. The standard InChI is InChI=1S/C22H34N4O3/c1-4-18-19(15(3)27)14(2)23-20(18)21(28)26-12-10-17(11-13-26)25-22(29)24-16-8-6-5-7-9-16/h16-17,23H,4-13H2,1-3H3,(H2,24,25,29). The number of carbonyl (C=O) groups is 3. The predicted molar refractivity (Wildman–Crippen MR) is 112 cm³/mol. The summed E-state index contributed by atoms with van der Waals surface area (Å²) in [4.78, 5) is 42.2. The molecule has 160 valence electrons. The molecule has 0 spiro atoms. The van der Waals surface area contributed by atoms with Crippen molar-refractivity contribution in [2.45, 2.75) is 84.2 Å². The second kappa shape index (κ2) is 9.46. The number of urea groups is 1. The van der Waals surface area contributed by atoms with Crippen molar-refractivity contribution in [1.82, 2.24) is 20.5 Å². The highest BCUT2D eigenvalue weighted by Gasteiger charge is 2.29. The van der Waals surface area contributed by atoms with E-state index in [1.54, 1.807) is 6.92 Å². The Morgan fingerprint density at radius 3 is 2.14 bits per heavy atom. The molecule has 29 heavy (non-hydrogen) atoms. The number of aromatic amines is 1. The third kappa shape index (κ3) is 5.00. The van der Waals surface area contributed by atoms with Gasteiger partial charge in [-0.1, -0.05) is 26.2 Å². The van der Waals surface area contributed by atoms with Gasteiger partial charge in [-0.3, -0.25) is 9.59 Å². The SMILES string of the molecule is CCc1c(C(=O)N2CCC(NC(=O)NC3CCCCC3)CC2)[nH]c(C)c1C(C)=O. The number of likely N-dealkylation sites (tertiary alicyclic amines) is 1. The summed E-state index contributed by atoms with van der Waals surface area (Å²) in [5, 5.41) is 6.17. The van der Waals surface area contributed by atoms with Crippen LogP contribution in [0, 0.1) is 6.92 Å². The first-order chi connectivity index (χ1) is 13.9. The van der Waals surface area contributed by atoms with Gasteiger partial charge in [-0.05, 0) is 51.5 Å². The fourth-order valence-corrected chi connectivity index (χ4v) is 4.73. The molecular weight excluding hydrogens is 368 g/mol. The fraction of sp³-hybridized carbons (Fsp3) is 0.682. The number of piperidine rings is 1. The molecule has 7 heteroatoms. The number of carbonyl (C=O) groups excluding carboxylic acids is 3. The Bertz CT molecular complexity index is 756. The molecule has 1 aromatic heterocycles. The molecule has 2 heterocycles. The lowest BCUT2D eigenvalue weighted by atomic mass is 9.96. The zero-order chi connectivity index (χ0) is 21.0. The Kier molecular flexibility index (Phi) is 6.98. The van der Waals surface area contributed by atoms with E-state index in [2.05, 4.69) is 15.6 Å². The number of Topliss-reactive ketones (excluding diaryl/α,β-unsaturated/α-hetero) is 1. The predicted octanol–water partition coefficient (Wildman–Crippen LogP) is 3.32. The van der Waals surface area contributed by atoms with Crippen LogP contribution in [0.25, 0.3) is 0 Å². The quantitative estimate of drug-likeness (QED) is 0.660. The van der Waals surface area contributed by atoms with Gasteiger partial charge in [0.1, 0.15) is 5.69 Å². The van der Waals surface area contributed by atoms with Crippen molar-refractivity contribution >= 4 is 17.7 Å². The number of hydrogen-bond donors (Lipinski definition) is 3. The summed E-state index contributed by atoms with van der Waals surface area (Å²) in [7, 11) is 0. The number of H-pyrrole nitrogens is 1. The van der Waals surface area contributed by atoms with Crippen LogP contribution in [-0.4, -0.2) is 52.8 Å². The monoisotopic (exact) mass is 402 g/mol. The first-order valence-corrected chi connectivity index (χ1v) is 11.0. The molecule has 0 aromatic carbocycles. The number of hydrogen-bond acceptors (Lipinski definition) is 3. The lowest BCUT2D eigenvalue weighted by Crippen LogP contribution is -2.51. The van der Waals surface area contributed by atoms with Gasteiger partial charge in [0.05, 0.1) is 0 Å². The van der Waals surface area contributed by atoms with Crippen LogP contribution in [0.1, 0.15) is 90.9 Å². The third-order valence-corrected chi connectivity index (χ3v) is 6.27. The molecule has 0 unspecified atom stereocenters. The molecule has 1 aliphatic carbocycles. The van der Waals surface area contributed by atoms with Gasteiger partial charge in [0, 0.05) is 36.4 Å². The molecule has 1 aliphatic heterocycles. The van der Waals surface area contributed by atoms with E-state index >= 15 is 0 Å². The molecular formula is C22H34N4O3. The molecule has 0 bridgehead atoms. The molecule has 3 amide bonds. The van der Waals surface area contributed by atoms with Gasteiger partial charge in [-0.25, -0.2) is 4.79 Å². The van der Waals surface area contributed by atoms with Crippen LogP contribution in [0.4, 0.5) is 4.79 Å². The Morgan fingerprint density at radius 2 is 1.59 bits per heavy atom. The Hall–Kier alpha value is -2.31. The molecule has 3 N–H and O–H groups in total. The lowest BCUT2D eigenvalue weighted by Gasteiger charge is -2.33. The van der Waals surface area contributed by atoms with E-state index in [1.807, 2.05) is 18.7 Å². The van der Waals surface area contributed by atoms with Crippen LogP contribution in [-0.2, 0) is 6.42 Å². The molecule has 1 saturated carbocycles. The summed E-state index contributed by atoms with van der Waals surface area (Å²) in [6.45, 7) is 6.55. The van der Waals surface area contributed by atoms with E-state index in [4.69, 9.17) is 0 Å². The maximum atomic E-state index is 13.0. The zero-order valence-electron chi connectivity index (χ0n) is 17.9. The first kappa shape index (κ1) is 21.4. The van der Waals surface area contributed by atoms with Crippen LogP contribution in [0.2, 0.25) is 0 Å². The molecule has 7 nitrogen and oxygen atoms in total. The molecule has 0 radical (unpaired) electrons. The van der Waals surface area contributed by atoms with E-state index in [0.29, 0.717) is 36.8 Å². The van der Waals surface area contributed by atoms with Crippen molar-refractivity contribution in [2.24, 2.45) is 0 Å². The number of amides is 3. The summed E-state index contributed by atoms with van der Waals surface area (Å²) in [5.74, 6) is -0.0657. The minimum Gasteiger partial charge on any atom is -0.354 e. The smallest absolute Gasteiger partial charge is 0.315 e. The average molecular weight is 403 g/mol. The maximum Gasteiger partial charge on any atom is 0.315 e. The summed E-state index contributed by atoms with van der Waals surface area (Å²) in [6, 6.07) is 0.303. The third-order valence-electron chi connectivity index (χ3n) is 6.27. The highest BCUT2D eigenvalue weighted by molar-refractivity contribution is 6.02. The van der Waals surface area contributed by atoms with E-state index in [9.17, 15) is 14.4 Å². The number of aromatic nitrogens is 1. The zero-order valence-corrected chi connectivity index (χ0v) is 17.9. The average Bonchev–Trinajstić information content (AvgIpc) is 3.05. The van der Waals surface area contributed by atoms with Crippen LogP contribution < -0.4 is 10.6 Å². The number of ketones is 1. The summed E-state index contributed by atoms with van der Waals surface area (Å²) >= 11 is 0. The Balaban J connectivity index is 1.54. The molecule has 1 saturated heterocycles. The Labute approximate surface area is 173 Å². The summed E-state index contributed by atoms with van der Waals surface area (Å²) in [6.07, 6.45) is 7.90. The van der Waals surface area contributed by atoms with E-state index in [1.165, 1.54) is 19.3 Å². The van der Waals surface area contributed by atoms with Crippen molar-refractivity contribution < 1.29 is 14.4 Å². The van der Waals surface area contributed by atoms with Crippen LogP contribution in [0.3, 0.4) is 0 Å². The second-order valence-corrected chi connectivity index (χ2v) is 8.41. The van der Waals surface area contributed by atoms with E-state index in [-0.39, 0.29) is 23.8 Å². The van der Waals surface area contributed by atoms with Gasteiger partial charge in [0.15, 0.2) is 5.78 Å². The van der Waals surface area contributed by atoms with Crippen LogP contribution in [0.15, 0.2) is 0 Å². The molecule has 2 fully saturated rings. The summed E-state index contributed by atoms with van der Waals surface area (Å²) < 4.78 is 0. The number of aryl methyl sites for hydroxylation is 1. The lowest BCUT2D eigenvalue weighted by molar-refractivity contribution is 0.0701. The summed E-state index contributed by atoms with van der Waals surface area (Å²) in [5.41, 5.74) is 2.75. The van der Waals surface area contributed by atoms with Crippen molar-refractivity contribution in [3.63, 3.8) is 0 Å². The van der Waals surface area contributed by atoms with Crippen LogP contribution >= 0.6 is 0 Å². The topological polar surface area (TPSA) is 94.3 Å². The van der Waals surface area contributed by atoms with Gasteiger partial charge in [-0.2, -0.15) is 0 Å². The van der Waals surface area contributed by atoms with Crippen molar-refractivity contribution in [3.8, 4) is 0 Å². The molecule has 1 aromatic rings. The normalized spacial score (nSPS) is 18.5. The number of nitrogens with one attached hydrogen (secondary N) is 3.